The Balaban J connectivity index is 1.72. The van der Waals surface area contributed by atoms with Gasteiger partial charge in [-0.15, -0.1) is 0 Å². The molecule has 164 valence electrons. The maximum absolute atomic E-state index is 12.4. The van der Waals surface area contributed by atoms with Crippen LogP contribution in [0.3, 0.4) is 0 Å². The average Bonchev–Trinajstić information content (AvgIpc) is 2.73. The largest absolute Gasteiger partial charge is 0.462 e. The van der Waals surface area contributed by atoms with Crippen molar-refractivity contribution >= 4 is 11.7 Å². The lowest BCUT2D eigenvalue weighted by molar-refractivity contribution is -0.385. The van der Waals surface area contributed by atoms with Crippen molar-refractivity contribution < 1.29 is 24.7 Å². The normalized spacial score (nSPS) is 33.6. The number of rotatable bonds is 6. The summed E-state index contributed by atoms with van der Waals surface area (Å²) in [5.41, 5.74) is 0.0660. The lowest BCUT2D eigenvalue weighted by atomic mass is 9.46. The number of allylic oxidation sites excluding steroid dienone is 1. The molecular formula is C23H31NO6. The van der Waals surface area contributed by atoms with Crippen LogP contribution in [0, 0.1) is 32.8 Å². The lowest BCUT2D eigenvalue weighted by Gasteiger charge is -2.60. The average molecular weight is 418 g/mol. The molecular weight excluding hydrogens is 386 g/mol. The van der Waals surface area contributed by atoms with E-state index in [4.69, 9.17) is 4.74 Å². The number of carbonyl (C=O) groups excluding carboxylic acids is 1. The summed E-state index contributed by atoms with van der Waals surface area (Å²) in [4.78, 5) is 23.0. The summed E-state index contributed by atoms with van der Waals surface area (Å²) < 4.78 is 5.41. The first-order valence-electron chi connectivity index (χ1n) is 10.5. The maximum atomic E-state index is 12.4. The van der Waals surface area contributed by atoms with E-state index < -0.39 is 22.4 Å². The molecule has 3 rings (SSSR count). The predicted molar refractivity (Wildman–Crippen MR) is 112 cm³/mol. The van der Waals surface area contributed by atoms with Gasteiger partial charge in [-0.05, 0) is 55.4 Å². The van der Waals surface area contributed by atoms with Gasteiger partial charge < -0.3 is 14.9 Å². The molecule has 2 N–H and O–H groups in total. The Kier molecular flexibility index (Phi) is 6.34. The number of aliphatic hydroxyl groups is 2. The molecule has 2 aliphatic carbocycles. The highest BCUT2D eigenvalue weighted by Crippen LogP contribution is 2.61. The number of ether oxygens (including phenoxy) is 1. The van der Waals surface area contributed by atoms with Crippen LogP contribution in [0.15, 0.2) is 36.4 Å². The van der Waals surface area contributed by atoms with E-state index >= 15 is 0 Å². The Hall–Kier alpha value is -2.25. The smallest absolute Gasteiger partial charge is 0.345 e. The van der Waals surface area contributed by atoms with Gasteiger partial charge >= 0.3 is 5.97 Å². The molecule has 0 bridgehead atoms. The topological polar surface area (TPSA) is 110 Å². The third-order valence-electron chi connectivity index (χ3n) is 7.65. The molecule has 0 amide bonds. The van der Waals surface area contributed by atoms with Gasteiger partial charge in [0.05, 0.1) is 24.2 Å². The second-order valence-corrected chi connectivity index (χ2v) is 9.23. The molecule has 2 aliphatic rings. The summed E-state index contributed by atoms with van der Waals surface area (Å²) in [7, 11) is 0. The predicted octanol–water partition coefficient (Wildman–Crippen LogP) is 3.88. The monoisotopic (exact) mass is 417 g/mol. The fourth-order valence-corrected chi connectivity index (χ4v) is 5.89. The fraction of sp³-hybridized carbons (Fsp3) is 0.609. The first kappa shape index (κ1) is 22.4. The minimum Gasteiger partial charge on any atom is -0.462 e. The van der Waals surface area contributed by atoms with Crippen molar-refractivity contribution in [1.29, 1.82) is 0 Å². The number of benzene rings is 1. The number of esters is 1. The van der Waals surface area contributed by atoms with Crippen molar-refractivity contribution in [1.82, 2.24) is 0 Å². The highest BCUT2D eigenvalue weighted by atomic mass is 16.6. The highest BCUT2D eigenvalue weighted by molar-refractivity contribution is 5.93. The first-order valence-corrected chi connectivity index (χ1v) is 10.5. The zero-order chi connectivity index (χ0) is 22.1. The number of nitrogens with zero attached hydrogens (tertiary/aromatic N) is 1. The molecule has 2 saturated carbocycles. The second kappa shape index (κ2) is 8.47. The number of hydrogen-bond acceptors (Lipinski definition) is 6. The van der Waals surface area contributed by atoms with E-state index in [1.165, 1.54) is 18.2 Å². The molecule has 30 heavy (non-hydrogen) atoms. The molecule has 2 fully saturated rings. The van der Waals surface area contributed by atoms with Gasteiger partial charge in [0.15, 0.2) is 0 Å². The number of fused-ring (bicyclic) bond motifs is 1. The van der Waals surface area contributed by atoms with Gasteiger partial charge in [0, 0.05) is 11.5 Å². The molecule has 0 radical (unpaired) electrons. The standard InChI is InChI=1S/C23H31NO6/c1-15-8-9-19-22(2,12-10-20(26)23(19,3)14-25)17(15)11-13-30-21(27)16-6-4-5-7-18(16)24(28)29/h4-7,17,19-20,25-26H,1,8-14H2,2-3H3/t17-,19?,20-,22+,23+/m1/s1. The Morgan fingerprint density at radius 3 is 2.70 bits per heavy atom. The Bertz CT molecular complexity index is 839. The van der Waals surface area contributed by atoms with E-state index in [-0.39, 0.29) is 41.7 Å². The van der Waals surface area contributed by atoms with Gasteiger partial charge in [0.2, 0.25) is 0 Å². The quantitative estimate of drug-likeness (QED) is 0.315. The summed E-state index contributed by atoms with van der Waals surface area (Å²) in [6, 6.07) is 5.76. The van der Waals surface area contributed by atoms with Crippen molar-refractivity contribution in [3.8, 4) is 0 Å². The van der Waals surface area contributed by atoms with Crippen LogP contribution in [-0.2, 0) is 4.74 Å². The molecule has 1 aromatic rings. The zero-order valence-corrected chi connectivity index (χ0v) is 17.7. The molecule has 0 aliphatic heterocycles. The Morgan fingerprint density at radius 2 is 2.03 bits per heavy atom. The van der Waals surface area contributed by atoms with Gasteiger partial charge in [-0.1, -0.05) is 38.1 Å². The summed E-state index contributed by atoms with van der Waals surface area (Å²) in [5.74, 6) is -0.474. The SMILES string of the molecule is C=C1CCC2[C@](C)(CO)[C@H](O)CC[C@@]2(C)[C@@H]1CCOC(=O)c1ccccc1[N+](=O)[O-]. The number of carbonyl (C=O) groups is 1. The van der Waals surface area contributed by atoms with Gasteiger partial charge in [0.25, 0.3) is 5.69 Å². The van der Waals surface area contributed by atoms with E-state index in [2.05, 4.69) is 13.5 Å². The highest BCUT2D eigenvalue weighted by Gasteiger charge is 2.57. The van der Waals surface area contributed by atoms with Crippen molar-refractivity contribution in [3.63, 3.8) is 0 Å². The lowest BCUT2D eigenvalue weighted by Crippen LogP contribution is -2.57. The molecule has 0 saturated heterocycles. The molecule has 0 spiro atoms. The van der Waals surface area contributed by atoms with E-state index in [0.29, 0.717) is 12.8 Å². The summed E-state index contributed by atoms with van der Waals surface area (Å²) in [6.45, 7) is 8.48. The number of para-hydroxylation sites is 1. The van der Waals surface area contributed by atoms with Crippen LogP contribution < -0.4 is 0 Å². The van der Waals surface area contributed by atoms with Gasteiger partial charge in [-0.3, -0.25) is 10.1 Å². The maximum Gasteiger partial charge on any atom is 0.345 e. The van der Waals surface area contributed by atoms with Crippen LogP contribution in [0.5, 0.6) is 0 Å². The van der Waals surface area contributed by atoms with Crippen molar-refractivity contribution in [2.24, 2.45) is 22.7 Å². The van der Waals surface area contributed by atoms with Crippen molar-refractivity contribution in [2.45, 2.75) is 52.1 Å². The van der Waals surface area contributed by atoms with E-state index in [1.807, 2.05) is 6.92 Å². The van der Waals surface area contributed by atoms with Crippen LogP contribution in [0.2, 0.25) is 0 Å². The molecule has 1 aromatic carbocycles. The van der Waals surface area contributed by atoms with Gasteiger partial charge in [-0.2, -0.15) is 0 Å². The molecule has 0 heterocycles. The molecule has 1 unspecified atom stereocenters. The van der Waals surface area contributed by atoms with Crippen LogP contribution in [0.1, 0.15) is 56.3 Å². The number of nitro benzene ring substituents is 1. The van der Waals surface area contributed by atoms with Crippen LogP contribution in [-0.4, -0.2) is 40.4 Å². The molecule has 7 heteroatoms. The number of hydrogen-bond donors (Lipinski definition) is 2. The molecule has 7 nitrogen and oxygen atoms in total. The third-order valence-corrected chi connectivity index (χ3v) is 7.65. The third kappa shape index (κ3) is 3.76. The van der Waals surface area contributed by atoms with Crippen molar-refractivity contribution in [3.05, 3.63) is 52.1 Å². The second-order valence-electron chi connectivity index (χ2n) is 9.23. The van der Waals surface area contributed by atoms with Gasteiger partial charge in [-0.25, -0.2) is 4.79 Å². The minimum absolute atomic E-state index is 0.0531. The number of aliphatic hydroxyl groups excluding tert-OH is 2. The van der Waals surface area contributed by atoms with E-state index in [0.717, 1.165) is 24.8 Å². The summed E-state index contributed by atoms with van der Waals surface area (Å²) in [6.07, 6.45) is 3.14. The molecule has 0 aromatic heterocycles. The Morgan fingerprint density at radius 1 is 1.33 bits per heavy atom. The van der Waals surface area contributed by atoms with E-state index in [1.54, 1.807) is 6.07 Å². The van der Waals surface area contributed by atoms with Crippen LogP contribution in [0.25, 0.3) is 0 Å². The van der Waals surface area contributed by atoms with Gasteiger partial charge in [0.1, 0.15) is 5.56 Å². The Labute approximate surface area is 176 Å². The summed E-state index contributed by atoms with van der Waals surface area (Å²) in [5, 5.41) is 31.8. The van der Waals surface area contributed by atoms with Crippen LogP contribution >= 0.6 is 0 Å². The fourth-order valence-electron chi connectivity index (χ4n) is 5.89. The zero-order valence-electron chi connectivity index (χ0n) is 17.7. The van der Waals surface area contributed by atoms with Crippen LogP contribution in [0.4, 0.5) is 5.69 Å². The minimum atomic E-state index is -0.704. The van der Waals surface area contributed by atoms with Crippen molar-refractivity contribution in [2.75, 3.05) is 13.2 Å². The number of nitro groups is 1. The summed E-state index contributed by atoms with van der Waals surface area (Å²) >= 11 is 0. The van der Waals surface area contributed by atoms with E-state index in [9.17, 15) is 25.1 Å². The molecule has 5 atom stereocenters. The first-order chi connectivity index (χ1) is 14.1.